The molecule has 0 spiro atoms. The van der Waals surface area contributed by atoms with Crippen LogP contribution in [0.2, 0.25) is 0 Å². The number of rotatable bonds is 4. The van der Waals surface area contributed by atoms with Crippen molar-refractivity contribution in [2.45, 2.75) is 25.9 Å². The van der Waals surface area contributed by atoms with Crippen LogP contribution in [0.1, 0.15) is 30.9 Å². The third kappa shape index (κ3) is 4.84. The SMILES string of the molecule is CNCC1CCCN(C(=O)/C=C(\C)c2ccc(C(F)(F)F)cc2)C1. The fourth-order valence-corrected chi connectivity index (χ4v) is 3.00. The van der Waals surface area contributed by atoms with Crippen LogP contribution in [-0.4, -0.2) is 37.5 Å². The van der Waals surface area contributed by atoms with E-state index >= 15 is 0 Å². The van der Waals surface area contributed by atoms with Crippen LogP contribution < -0.4 is 5.32 Å². The number of hydrogen-bond donors (Lipinski definition) is 1. The molecule has 3 nitrogen and oxygen atoms in total. The minimum atomic E-state index is -4.35. The van der Waals surface area contributed by atoms with Crippen molar-refractivity contribution >= 4 is 11.5 Å². The first-order valence-electron chi connectivity index (χ1n) is 8.10. The van der Waals surface area contributed by atoms with Gasteiger partial charge in [0.25, 0.3) is 0 Å². The number of likely N-dealkylation sites (tertiary alicyclic amines) is 1. The molecular weight excluding hydrogens is 317 g/mol. The summed E-state index contributed by atoms with van der Waals surface area (Å²) in [6.07, 6.45) is -0.746. The van der Waals surface area contributed by atoms with E-state index in [1.165, 1.54) is 18.2 Å². The molecule has 1 heterocycles. The molecule has 132 valence electrons. The van der Waals surface area contributed by atoms with Crippen LogP contribution in [0.4, 0.5) is 13.2 Å². The van der Waals surface area contributed by atoms with Gasteiger partial charge in [0.2, 0.25) is 5.91 Å². The summed E-state index contributed by atoms with van der Waals surface area (Å²) in [6.45, 7) is 4.08. The van der Waals surface area contributed by atoms with Crippen LogP contribution in [0, 0.1) is 5.92 Å². The third-order valence-corrected chi connectivity index (χ3v) is 4.33. The highest BCUT2D eigenvalue weighted by Gasteiger charge is 2.30. The second-order valence-electron chi connectivity index (χ2n) is 6.25. The Hall–Kier alpha value is -1.82. The van der Waals surface area contributed by atoms with Gasteiger partial charge in [-0.3, -0.25) is 4.79 Å². The average Bonchev–Trinajstić information content (AvgIpc) is 2.54. The van der Waals surface area contributed by atoms with E-state index in [-0.39, 0.29) is 5.91 Å². The number of carbonyl (C=O) groups excluding carboxylic acids is 1. The number of nitrogens with zero attached hydrogens (tertiary/aromatic N) is 1. The summed E-state index contributed by atoms with van der Waals surface area (Å²) >= 11 is 0. The molecule has 1 saturated heterocycles. The molecule has 0 saturated carbocycles. The quantitative estimate of drug-likeness (QED) is 0.850. The van der Waals surface area contributed by atoms with Gasteiger partial charge in [-0.1, -0.05) is 12.1 Å². The van der Waals surface area contributed by atoms with Gasteiger partial charge in [-0.15, -0.1) is 0 Å². The summed E-state index contributed by atoms with van der Waals surface area (Å²) in [5.74, 6) is 0.376. The van der Waals surface area contributed by atoms with E-state index in [1.807, 2.05) is 11.9 Å². The molecule has 1 fully saturated rings. The van der Waals surface area contributed by atoms with E-state index in [1.54, 1.807) is 6.92 Å². The first-order valence-corrected chi connectivity index (χ1v) is 8.10. The second kappa shape index (κ2) is 7.83. The van der Waals surface area contributed by atoms with Gasteiger partial charge in [0.15, 0.2) is 0 Å². The molecule has 2 rings (SSSR count). The van der Waals surface area contributed by atoms with Crippen molar-refractivity contribution in [2.75, 3.05) is 26.7 Å². The topological polar surface area (TPSA) is 32.3 Å². The average molecular weight is 340 g/mol. The largest absolute Gasteiger partial charge is 0.416 e. The van der Waals surface area contributed by atoms with E-state index in [9.17, 15) is 18.0 Å². The minimum absolute atomic E-state index is 0.0757. The summed E-state index contributed by atoms with van der Waals surface area (Å²) in [6, 6.07) is 4.89. The molecule has 1 unspecified atom stereocenters. The van der Waals surface area contributed by atoms with Crippen molar-refractivity contribution in [1.82, 2.24) is 10.2 Å². The fourth-order valence-electron chi connectivity index (χ4n) is 3.00. The van der Waals surface area contributed by atoms with E-state index in [2.05, 4.69) is 5.32 Å². The number of allylic oxidation sites excluding steroid dienone is 1. The molecular formula is C18H23F3N2O. The summed E-state index contributed by atoms with van der Waals surface area (Å²) < 4.78 is 37.8. The van der Waals surface area contributed by atoms with E-state index in [0.29, 0.717) is 17.1 Å². The van der Waals surface area contributed by atoms with Crippen molar-refractivity contribution in [3.05, 3.63) is 41.5 Å². The lowest BCUT2D eigenvalue weighted by molar-refractivity contribution is -0.137. The molecule has 24 heavy (non-hydrogen) atoms. The van der Waals surface area contributed by atoms with Gasteiger partial charge in [0.05, 0.1) is 5.56 Å². The highest BCUT2D eigenvalue weighted by molar-refractivity contribution is 5.94. The third-order valence-electron chi connectivity index (χ3n) is 4.33. The summed E-state index contributed by atoms with van der Waals surface area (Å²) in [4.78, 5) is 14.2. The fraction of sp³-hybridized carbons (Fsp3) is 0.500. The lowest BCUT2D eigenvalue weighted by Crippen LogP contribution is -2.41. The Morgan fingerprint density at radius 1 is 1.33 bits per heavy atom. The molecule has 1 aromatic carbocycles. The Kier molecular flexibility index (Phi) is 6.04. The monoisotopic (exact) mass is 340 g/mol. The highest BCUT2D eigenvalue weighted by atomic mass is 19.4. The van der Waals surface area contributed by atoms with Crippen LogP contribution in [0.15, 0.2) is 30.3 Å². The number of hydrogen-bond acceptors (Lipinski definition) is 2. The number of benzene rings is 1. The van der Waals surface area contributed by atoms with Gasteiger partial charge >= 0.3 is 6.18 Å². The summed E-state index contributed by atoms with van der Waals surface area (Å²) in [5, 5.41) is 3.14. The summed E-state index contributed by atoms with van der Waals surface area (Å²) in [7, 11) is 1.90. The number of carbonyl (C=O) groups is 1. The van der Waals surface area contributed by atoms with Gasteiger partial charge in [0.1, 0.15) is 0 Å². The van der Waals surface area contributed by atoms with Crippen LogP contribution in [-0.2, 0) is 11.0 Å². The first-order chi connectivity index (χ1) is 11.3. The zero-order valence-corrected chi connectivity index (χ0v) is 14.0. The maximum absolute atomic E-state index is 12.6. The number of piperidine rings is 1. The second-order valence-corrected chi connectivity index (χ2v) is 6.25. The molecule has 0 bridgehead atoms. The minimum Gasteiger partial charge on any atom is -0.339 e. The van der Waals surface area contributed by atoms with Crippen molar-refractivity contribution in [1.29, 1.82) is 0 Å². The van der Waals surface area contributed by atoms with Gasteiger partial charge in [-0.05, 0) is 62.5 Å². The van der Waals surface area contributed by atoms with E-state index in [0.717, 1.165) is 44.6 Å². The van der Waals surface area contributed by atoms with Crippen molar-refractivity contribution in [3.63, 3.8) is 0 Å². The van der Waals surface area contributed by atoms with Crippen molar-refractivity contribution in [3.8, 4) is 0 Å². The van der Waals surface area contributed by atoms with Gasteiger partial charge in [0, 0.05) is 19.2 Å². The molecule has 6 heteroatoms. The number of nitrogens with one attached hydrogen (secondary N) is 1. The van der Waals surface area contributed by atoms with Gasteiger partial charge in [-0.2, -0.15) is 13.2 Å². The van der Waals surface area contributed by atoms with Gasteiger partial charge < -0.3 is 10.2 Å². The predicted molar refractivity (Wildman–Crippen MR) is 88.3 cm³/mol. The maximum Gasteiger partial charge on any atom is 0.416 e. The molecule has 0 aromatic heterocycles. The molecule has 1 aliphatic rings. The number of amides is 1. The van der Waals surface area contributed by atoms with Crippen LogP contribution in [0.5, 0.6) is 0 Å². The molecule has 0 radical (unpaired) electrons. The standard InChI is InChI=1S/C18H23F3N2O/c1-13(15-5-7-16(8-6-15)18(19,20)21)10-17(24)23-9-3-4-14(12-23)11-22-2/h5-8,10,14,22H,3-4,9,11-12H2,1-2H3/b13-10+. The van der Waals surface area contributed by atoms with Crippen molar-refractivity contribution < 1.29 is 18.0 Å². The Bertz CT molecular complexity index is 591. The normalized spacial score (nSPS) is 19.5. The molecule has 0 aliphatic carbocycles. The maximum atomic E-state index is 12.6. The van der Waals surface area contributed by atoms with Crippen LogP contribution in [0.25, 0.3) is 5.57 Å². The summed E-state index contributed by atoms with van der Waals surface area (Å²) in [5.41, 5.74) is 0.612. The highest BCUT2D eigenvalue weighted by Crippen LogP contribution is 2.30. The Morgan fingerprint density at radius 3 is 2.58 bits per heavy atom. The zero-order valence-electron chi connectivity index (χ0n) is 14.0. The molecule has 1 amide bonds. The number of halogens is 3. The molecule has 1 aromatic rings. The lowest BCUT2D eigenvalue weighted by Gasteiger charge is -2.32. The Balaban J connectivity index is 2.05. The zero-order chi connectivity index (χ0) is 17.7. The van der Waals surface area contributed by atoms with Gasteiger partial charge in [-0.25, -0.2) is 0 Å². The predicted octanol–water partition coefficient (Wildman–Crippen LogP) is 3.57. The smallest absolute Gasteiger partial charge is 0.339 e. The Labute approximate surface area is 140 Å². The number of alkyl halides is 3. The van der Waals surface area contributed by atoms with Crippen molar-refractivity contribution in [2.24, 2.45) is 5.92 Å². The van der Waals surface area contributed by atoms with Crippen LogP contribution >= 0.6 is 0 Å². The van der Waals surface area contributed by atoms with E-state index in [4.69, 9.17) is 0 Å². The molecule has 1 aliphatic heterocycles. The Morgan fingerprint density at radius 2 is 2.00 bits per heavy atom. The first kappa shape index (κ1) is 18.5. The molecule has 1 atom stereocenters. The van der Waals surface area contributed by atoms with E-state index < -0.39 is 11.7 Å². The van der Waals surface area contributed by atoms with Crippen LogP contribution in [0.3, 0.4) is 0 Å². The molecule has 1 N–H and O–H groups in total. The lowest BCUT2D eigenvalue weighted by atomic mass is 9.97.